The number of hydrogen-bond acceptors (Lipinski definition) is 5. The lowest BCUT2D eigenvalue weighted by Gasteiger charge is -2.38. The van der Waals surface area contributed by atoms with Gasteiger partial charge in [-0.15, -0.1) is 0 Å². The molecule has 1 unspecified atom stereocenters. The summed E-state index contributed by atoms with van der Waals surface area (Å²) >= 11 is 0. The van der Waals surface area contributed by atoms with Crippen LogP contribution in [0.2, 0.25) is 0 Å². The highest BCUT2D eigenvalue weighted by Gasteiger charge is 2.36. The zero-order valence-electron chi connectivity index (χ0n) is 19.2. The molecule has 0 aromatic carbocycles. The summed E-state index contributed by atoms with van der Waals surface area (Å²) in [6.45, 7) is 9.89. The predicted octanol–water partition coefficient (Wildman–Crippen LogP) is 3.68. The van der Waals surface area contributed by atoms with Crippen molar-refractivity contribution in [2.24, 2.45) is 0 Å². The molecule has 1 aromatic heterocycles. The lowest BCUT2D eigenvalue weighted by Crippen LogP contribution is -2.51. The van der Waals surface area contributed by atoms with E-state index >= 15 is 0 Å². The van der Waals surface area contributed by atoms with Crippen LogP contribution in [0.15, 0.2) is 0 Å². The van der Waals surface area contributed by atoms with Crippen molar-refractivity contribution in [3.05, 3.63) is 22.5 Å². The van der Waals surface area contributed by atoms with Crippen molar-refractivity contribution in [2.45, 2.75) is 85.4 Å². The average Bonchev–Trinajstić information content (AvgIpc) is 2.98. The maximum atomic E-state index is 13.6. The predicted molar refractivity (Wildman–Crippen MR) is 115 cm³/mol. The van der Waals surface area contributed by atoms with E-state index in [1.165, 1.54) is 7.11 Å². The number of methoxy groups -OCH3 is 1. The van der Waals surface area contributed by atoms with Crippen molar-refractivity contribution >= 4 is 17.7 Å². The molecular weight excluding hydrogens is 384 g/mol. The van der Waals surface area contributed by atoms with Crippen LogP contribution in [-0.4, -0.2) is 59.5 Å². The largest absolute Gasteiger partial charge is 0.461 e. The van der Waals surface area contributed by atoms with Gasteiger partial charge in [0, 0.05) is 31.0 Å². The van der Waals surface area contributed by atoms with E-state index in [0.717, 1.165) is 37.8 Å². The third-order valence-electron chi connectivity index (χ3n) is 6.12. The molecule has 0 aliphatic heterocycles. The van der Waals surface area contributed by atoms with E-state index < -0.39 is 12.0 Å². The number of hydrogen-bond donors (Lipinski definition) is 0. The lowest BCUT2D eigenvalue weighted by atomic mass is 9.91. The molecule has 0 spiro atoms. The molecule has 0 N–H and O–H groups in total. The zero-order valence-corrected chi connectivity index (χ0v) is 19.2. The molecule has 1 atom stereocenters. The number of aromatic nitrogens is 1. The Bertz CT molecular complexity index is 777. The Morgan fingerprint density at radius 1 is 1.13 bits per heavy atom. The van der Waals surface area contributed by atoms with Gasteiger partial charge < -0.3 is 18.9 Å². The van der Waals surface area contributed by atoms with Gasteiger partial charge in [0.1, 0.15) is 12.3 Å². The van der Waals surface area contributed by atoms with Gasteiger partial charge in [0.2, 0.25) is 5.91 Å². The molecule has 1 aliphatic rings. The molecule has 0 saturated heterocycles. The first-order chi connectivity index (χ1) is 14.3. The SMILES string of the molecule is CCOC(=O)c1c(C)c(C(=O)C(C)N(C(=O)COC)C2CCCCC2)c(C)n1CC. The number of carbonyl (C=O) groups excluding carboxylic acids is 3. The van der Waals surface area contributed by atoms with E-state index in [0.29, 0.717) is 23.4 Å². The fraction of sp³-hybridized carbons (Fsp3) is 0.696. The number of amides is 1. The topological polar surface area (TPSA) is 77.8 Å². The third kappa shape index (κ3) is 4.77. The van der Waals surface area contributed by atoms with Crippen LogP contribution in [0.5, 0.6) is 0 Å². The van der Waals surface area contributed by atoms with Gasteiger partial charge in [0.25, 0.3) is 0 Å². The highest BCUT2D eigenvalue weighted by molar-refractivity contribution is 6.06. The van der Waals surface area contributed by atoms with Gasteiger partial charge in [0.05, 0.1) is 12.6 Å². The molecule has 7 heteroatoms. The molecule has 0 radical (unpaired) electrons. The number of ether oxygens (including phenoxy) is 2. The second-order valence-corrected chi connectivity index (χ2v) is 7.96. The van der Waals surface area contributed by atoms with Gasteiger partial charge in [-0.25, -0.2) is 4.79 Å². The molecule has 0 bridgehead atoms. The summed E-state index contributed by atoms with van der Waals surface area (Å²) in [5, 5.41) is 0. The van der Waals surface area contributed by atoms with E-state index in [4.69, 9.17) is 9.47 Å². The molecule has 1 saturated carbocycles. The number of esters is 1. The summed E-state index contributed by atoms with van der Waals surface area (Å²) in [7, 11) is 1.49. The monoisotopic (exact) mass is 420 g/mol. The summed E-state index contributed by atoms with van der Waals surface area (Å²) in [6.07, 6.45) is 5.06. The van der Waals surface area contributed by atoms with Crippen LogP contribution in [0.4, 0.5) is 0 Å². The summed E-state index contributed by atoms with van der Waals surface area (Å²) in [5.74, 6) is -0.731. The molecule has 168 valence electrons. The van der Waals surface area contributed by atoms with Crippen LogP contribution in [0.3, 0.4) is 0 Å². The van der Waals surface area contributed by atoms with Gasteiger partial charge in [0.15, 0.2) is 5.78 Å². The molecule has 7 nitrogen and oxygen atoms in total. The summed E-state index contributed by atoms with van der Waals surface area (Å²) < 4.78 is 12.1. The van der Waals surface area contributed by atoms with Gasteiger partial charge in [-0.1, -0.05) is 19.3 Å². The number of ketones is 1. The van der Waals surface area contributed by atoms with Gasteiger partial charge in [-0.3, -0.25) is 9.59 Å². The number of Topliss-reactive ketones (excluding diaryl/α,β-unsaturated/α-hetero) is 1. The molecule has 1 amide bonds. The Kier molecular flexibility index (Phi) is 8.65. The van der Waals surface area contributed by atoms with Crippen molar-refractivity contribution in [1.29, 1.82) is 0 Å². The minimum absolute atomic E-state index is 0.0405. The minimum Gasteiger partial charge on any atom is -0.461 e. The Morgan fingerprint density at radius 2 is 1.77 bits per heavy atom. The Balaban J connectivity index is 2.45. The van der Waals surface area contributed by atoms with Crippen molar-refractivity contribution in [3.8, 4) is 0 Å². The highest BCUT2D eigenvalue weighted by Crippen LogP contribution is 2.29. The second kappa shape index (κ2) is 10.8. The fourth-order valence-corrected chi connectivity index (χ4v) is 4.74. The van der Waals surface area contributed by atoms with E-state index in [-0.39, 0.29) is 30.9 Å². The van der Waals surface area contributed by atoms with Crippen LogP contribution in [0.25, 0.3) is 0 Å². The first-order valence-electron chi connectivity index (χ1n) is 11.0. The minimum atomic E-state index is -0.629. The molecule has 30 heavy (non-hydrogen) atoms. The molecule has 1 fully saturated rings. The quantitative estimate of drug-likeness (QED) is 0.450. The maximum Gasteiger partial charge on any atom is 0.355 e. The molecule has 2 rings (SSSR count). The van der Waals surface area contributed by atoms with Crippen LogP contribution in [0, 0.1) is 13.8 Å². The Morgan fingerprint density at radius 3 is 2.30 bits per heavy atom. The normalized spacial score (nSPS) is 15.7. The standard InChI is InChI=1S/C23H36N2O5/c1-7-24-16(4)20(15(3)21(24)23(28)30-8-2)22(27)17(5)25(19(26)14-29-6)18-12-10-9-11-13-18/h17-18H,7-14H2,1-6H3. The van der Waals surface area contributed by atoms with E-state index in [1.807, 2.05) is 18.4 Å². The zero-order chi connectivity index (χ0) is 22.4. The van der Waals surface area contributed by atoms with Crippen molar-refractivity contribution in [1.82, 2.24) is 9.47 Å². The van der Waals surface area contributed by atoms with Crippen LogP contribution in [0.1, 0.15) is 85.0 Å². The van der Waals surface area contributed by atoms with Gasteiger partial charge in [-0.05, 0) is 53.0 Å². The Labute approximate surface area is 179 Å². The third-order valence-corrected chi connectivity index (χ3v) is 6.12. The average molecular weight is 421 g/mol. The molecule has 1 heterocycles. The van der Waals surface area contributed by atoms with Crippen LogP contribution < -0.4 is 0 Å². The van der Waals surface area contributed by atoms with Crippen LogP contribution >= 0.6 is 0 Å². The smallest absolute Gasteiger partial charge is 0.355 e. The second-order valence-electron chi connectivity index (χ2n) is 7.96. The number of carbonyl (C=O) groups is 3. The van der Waals surface area contributed by atoms with Crippen LogP contribution in [-0.2, 0) is 20.8 Å². The van der Waals surface area contributed by atoms with Crippen molar-refractivity contribution in [2.75, 3.05) is 20.3 Å². The fourth-order valence-electron chi connectivity index (χ4n) is 4.74. The molecule has 1 aliphatic carbocycles. The van der Waals surface area contributed by atoms with Crippen molar-refractivity contribution in [3.63, 3.8) is 0 Å². The first kappa shape index (κ1) is 24.1. The highest BCUT2D eigenvalue weighted by atomic mass is 16.5. The molecular formula is C23H36N2O5. The van der Waals surface area contributed by atoms with Gasteiger partial charge in [-0.2, -0.15) is 0 Å². The summed E-state index contributed by atoms with van der Waals surface area (Å²) in [5.41, 5.74) is 2.28. The summed E-state index contributed by atoms with van der Waals surface area (Å²) in [4.78, 5) is 40.8. The van der Waals surface area contributed by atoms with Gasteiger partial charge >= 0.3 is 5.97 Å². The first-order valence-corrected chi connectivity index (χ1v) is 11.0. The number of rotatable bonds is 9. The van der Waals surface area contributed by atoms with E-state index in [2.05, 4.69) is 0 Å². The lowest BCUT2D eigenvalue weighted by molar-refractivity contribution is -0.139. The van der Waals surface area contributed by atoms with E-state index in [9.17, 15) is 14.4 Å². The van der Waals surface area contributed by atoms with Crippen molar-refractivity contribution < 1.29 is 23.9 Å². The Hall–Kier alpha value is -2.15. The summed E-state index contributed by atoms with van der Waals surface area (Å²) in [6, 6.07) is -0.588. The maximum absolute atomic E-state index is 13.6. The number of nitrogens with zero attached hydrogens (tertiary/aromatic N) is 2. The molecule has 1 aromatic rings. The van der Waals surface area contributed by atoms with E-state index in [1.54, 1.807) is 25.7 Å².